The summed E-state index contributed by atoms with van der Waals surface area (Å²) >= 11 is 0. The molecule has 2 rings (SSSR count). The van der Waals surface area contributed by atoms with E-state index in [0.717, 1.165) is 35.2 Å². The van der Waals surface area contributed by atoms with Crippen LogP contribution in [0.5, 0.6) is 0 Å². The van der Waals surface area contributed by atoms with Gasteiger partial charge < -0.3 is 9.16 Å². The summed E-state index contributed by atoms with van der Waals surface area (Å²) in [6.07, 6.45) is 8.74. The molecule has 1 saturated carbocycles. The number of rotatable bonds is 6. The van der Waals surface area contributed by atoms with Crippen molar-refractivity contribution in [1.82, 2.24) is 0 Å². The van der Waals surface area contributed by atoms with Gasteiger partial charge in [-0.3, -0.25) is 0 Å². The fraction of sp³-hybridized carbons (Fsp3) is 1.00. The Morgan fingerprint density at radius 3 is 2.41 bits per heavy atom. The van der Waals surface area contributed by atoms with Crippen molar-refractivity contribution in [3.8, 4) is 0 Å². The summed E-state index contributed by atoms with van der Waals surface area (Å²) in [4.78, 5) is 0. The van der Waals surface area contributed by atoms with Gasteiger partial charge in [0.2, 0.25) is 0 Å². The maximum absolute atomic E-state index is 6.09. The van der Waals surface area contributed by atoms with Crippen molar-refractivity contribution in [2.45, 2.75) is 77.1 Å². The minimum absolute atomic E-state index is 0.160. The topological polar surface area (TPSA) is 21.8 Å². The number of epoxide rings is 1. The third kappa shape index (κ3) is 2.47. The van der Waals surface area contributed by atoms with Crippen LogP contribution in [0.2, 0.25) is 0 Å². The van der Waals surface area contributed by atoms with Gasteiger partial charge in [-0.25, -0.2) is 0 Å². The van der Waals surface area contributed by atoms with Gasteiger partial charge in [0.05, 0.1) is 17.8 Å². The minimum Gasteiger partial charge on any atom is -0.422 e. The van der Waals surface area contributed by atoms with Crippen molar-refractivity contribution in [1.29, 1.82) is 0 Å². The van der Waals surface area contributed by atoms with Crippen molar-refractivity contribution in [2.75, 3.05) is 0 Å². The zero-order valence-electron chi connectivity index (χ0n) is 11.9. The molecule has 0 bridgehead atoms. The Balaban J connectivity index is 2.07. The molecule has 2 fully saturated rings. The van der Waals surface area contributed by atoms with E-state index in [1.807, 2.05) is 0 Å². The molecule has 17 heavy (non-hydrogen) atoms. The molecule has 2 nitrogen and oxygen atoms in total. The van der Waals surface area contributed by atoms with Gasteiger partial charge in [-0.05, 0) is 43.9 Å². The first kappa shape index (κ1) is 13.6. The zero-order chi connectivity index (χ0) is 12.5. The number of fused-ring (bicyclic) bond motifs is 1. The van der Waals surface area contributed by atoms with Gasteiger partial charge >= 0.3 is 0 Å². The lowest BCUT2D eigenvalue weighted by Crippen LogP contribution is -2.44. The Kier molecular flexibility index (Phi) is 4.32. The molecule has 1 aliphatic carbocycles. The first-order valence-electron chi connectivity index (χ1n) is 7.41. The van der Waals surface area contributed by atoms with Gasteiger partial charge in [-0.1, -0.05) is 27.2 Å². The number of hydrogen-bond donors (Lipinski definition) is 0. The van der Waals surface area contributed by atoms with Crippen molar-refractivity contribution in [2.24, 2.45) is 11.8 Å². The van der Waals surface area contributed by atoms with E-state index in [1.54, 1.807) is 0 Å². The predicted molar refractivity (Wildman–Crippen MR) is 74.1 cm³/mol. The Bertz CT molecular complexity index is 244. The van der Waals surface area contributed by atoms with E-state index in [9.17, 15) is 0 Å². The molecule has 1 heterocycles. The van der Waals surface area contributed by atoms with Crippen LogP contribution in [0.1, 0.15) is 59.3 Å². The number of ether oxygens (including phenoxy) is 1. The molecule has 0 aromatic heterocycles. The second kappa shape index (κ2) is 5.41. The third-order valence-electron chi connectivity index (χ3n) is 5.33. The quantitative estimate of drug-likeness (QED) is 0.538. The van der Waals surface area contributed by atoms with Crippen LogP contribution in [0.25, 0.3) is 0 Å². The molecule has 2 aliphatic rings. The van der Waals surface area contributed by atoms with Gasteiger partial charge in [0, 0.05) is 0 Å². The van der Waals surface area contributed by atoms with Crippen LogP contribution < -0.4 is 0 Å². The second-order valence-electron chi connectivity index (χ2n) is 5.78. The number of hydrogen-bond acceptors (Lipinski definition) is 2. The smallest absolute Gasteiger partial charge is 0.146 e. The maximum atomic E-state index is 6.09. The maximum Gasteiger partial charge on any atom is 0.146 e. The van der Waals surface area contributed by atoms with E-state index in [0.29, 0.717) is 12.2 Å². The summed E-state index contributed by atoms with van der Waals surface area (Å²) in [5.41, 5.74) is 0.160. The van der Waals surface area contributed by atoms with Crippen LogP contribution in [0, 0.1) is 11.8 Å². The van der Waals surface area contributed by atoms with Crippen molar-refractivity contribution < 1.29 is 9.16 Å². The Morgan fingerprint density at radius 2 is 1.94 bits per heavy atom. The highest BCUT2D eigenvalue weighted by Crippen LogP contribution is 2.47. The average Bonchev–Trinajstić information content (AvgIpc) is 3.14. The molecular formula is C14H28O2Si. The van der Waals surface area contributed by atoms with E-state index < -0.39 is 0 Å². The van der Waals surface area contributed by atoms with Crippen LogP contribution in [-0.4, -0.2) is 28.3 Å². The average molecular weight is 256 g/mol. The largest absolute Gasteiger partial charge is 0.422 e. The first-order chi connectivity index (χ1) is 8.20. The van der Waals surface area contributed by atoms with Crippen LogP contribution in [-0.2, 0) is 9.16 Å². The van der Waals surface area contributed by atoms with Gasteiger partial charge in [0.15, 0.2) is 0 Å². The summed E-state index contributed by atoms with van der Waals surface area (Å²) in [5, 5.41) is 0. The lowest BCUT2D eigenvalue weighted by molar-refractivity contribution is -0.0282. The molecule has 4 unspecified atom stereocenters. The summed E-state index contributed by atoms with van der Waals surface area (Å²) in [6.45, 7) is 6.93. The van der Waals surface area contributed by atoms with Gasteiger partial charge in [-0.2, -0.15) is 0 Å². The van der Waals surface area contributed by atoms with Crippen LogP contribution in [0.3, 0.4) is 0 Å². The molecule has 4 atom stereocenters. The van der Waals surface area contributed by atoms with E-state index in [1.165, 1.54) is 25.7 Å². The van der Waals surface area contributed by atoms with Crippen molar-refractivity contribution in [3.05, 3.63) is 0 Å². The highest BCUT2D eigenvalue weighted by molar-refractivity contribution is 5.98. The Labute approximate surface area is 109 Å². The van der Waals surface area contributed by atoms with E-state index in [2.05, 4.69) is 20.8 Å². The highest BCUT2D eigenvalue weighted by atomic mass is 28.2. The van der Waals surface area contributed by atoms with Gasteiger partial charge in [0.1, 0.15) is 10.5 Å². The summed E-state index contributed by atoms with van der Waals surface area (Å²) in [5.74, 6) is 1.57. The molecule has 0 amide bonds. The third-order valence-corrected chi connectivity index (χ3v) is 6.15. The normalized spacial score (nSPS) is 34.4. The molecule has 0 aromatic rings. The van der Waals surface area contributed by atoms with Crippen molar-refractivity contribution >= 4 is 10.5 Å². The molecule has 0 spiro atoms. The molecular weight excluding hydrogens is 228 g/mol. The minimum atomic E-state index is 0.160. The van der Waals surface area contributed by atoms with Crippen LogP contribution in [0.4, 0.5) is 0 Å². The summed E-state index contributed by atoms with van der Waals surface area (Å²) < 4.78 is 11.8. The van der Waals surface area contributed by atoms with E-state index >= 15 is 0 Å². The second-order valence-corrected chi connectivity index (χ2v) is 6.19. The van der Waals surface area contributed by atoms with Crippen molar-refractivity contribution in [3.63, 3.8) is 0 Å². The monoisotopic (exact) mass is 256 g/mol. The lowest BCUT2D eigenvalue weighted by Gasteiger charge is -2.44. The standard InChI is InChI=1S/C14H28O2Si/c1-4-11(14(5-2,6-3)16-17)10-7-8-12-13(9-10)15-12/h10-13H,4-9H2,1-3,17H3. The van der Waals surface area contributed by atoms with Crippen LogP contribution >= 0.6 is 0 Å². The molecule has 0 radical (unpaired) electrons. The first-order valence-corrected chi connectivity index (χ1v) is 8.23. The van der Waals surface area contributed by atoms with E-state index in [-0.39, 0.29) is 5.60 Å². The summed E-state index contributed by atoms with van der Waals surface area (Å²) in [7, 11) is 0.862. The fourth-order valence-electron chi connectivity index (χ4n) is 4.15. The fourth-order valence-corrected chi connectivity index (χ4v) is 5.03. The molecule has 0 aromatic carbocycles. The lowest BCUT2D eigenvalue weighted by atomic mass is 9.69. The highest BCUT2D eigenvalue weighted by Gasteiger charge is 2.48. The van der Waals surface area contributed by atoms with Crippen LogP contribution in [0.15, 0.2) is 0 Å². The zero-order valence-corrected chi connectivity index (χ0v) is 13.9. The molecule has 0 N–H and O–H groups in total. The predicted octanol–water partition coefficient (Wildman–Crippen LogP) is 2.44. The Hall–Kier alpha value is 0.137. The SMILES string of the molecule is CCC(C1CCC2OC2C1)C(CC)(CC)O[SiH3]. The van der Waals surface area contributed by atoms with Gasteiger partial charge in [0.25, 0.3) is 0 Å². The summed E-state index contributed by atoms with van der Waals surface area (Å²) in [6, 6.07) is 0. The molecule has 1 aliphatic heterocycles. The Morgan fingerprint density at radius 1 is 1.24 bits per heavy atom. The molecule has 1 saturated heterocycles. The molecule has 3 heteroatoms. The van der Waals surface area contributed by atoms with E-state index in [4.69, 9.17) is 9.16 Å². The van der Waals surface area contributed by atoms with Gasteiger partial charge in [-0.15, -0.1) is 0 Å². The molecule has 100 valence electrons.